The zero-order valence-electron chi connectivity index (χ0n) is 11.4. The smallest absolute Gasteiger partial charge is 0.150 e. The van der Waals surface area contributed by atoms with E-state index in [1.54, 1.807) is 0 Å². The summed E-state index contributed by atoms with van der Waals surface area (Å²) in [6.45, 7) is 6.36. The van der Waals surface area contributed by atoms with Gasteiger partial charge in [0.1, 0.15) is 0 Å². The molecule has 0 radical (unpaired) electrons. The van der Waals surface area contributed by atoms with E-state index in [-0.39, 0.29) is 0 Å². The first kappa shape index (κ1) is 16.5. The SMILES string of the molecule is CC1CS(=O)(=O)C1.CC1CS(=O)C1.CC1CSC1. The summed E-state index contributed by atoms with van der Waals surface area (Å²) in [4.78, 5) is 0. The van der Waals surface area contributed by atoms with Crippen molar-refractivity contribution in [3.05, 3.63) is 0 Å². The summed E-state index contributed by atoms with van der Waals surface area (Å²) in [6.07, 6.45) is 0. The number of thioether (sulfide) groups is 1. The minimum atomic E-state index is -2.53. The molecule has 0 aromatic heterocycles. The monoisotopic (exact) mass is 312 g/mol. The maximum atomic E-state index is 10.3. The van der Waals surface area contributed by atoms with Gasteiger partial charge in [-0.25, -0.2) is 8.42 Å². The van der Waals surface area contributed by atoms with Gasteiger partial charge < -0.3 is 0 Å². The normalized spacial score (nSPS) is 33.5. The Balaban J connectivity index is 0.000000137. The molecular formula is C12H24O3S3. The summed E-state index contributed by atoms with van der Waals surface area (Å²) in [5.74, 6) is 7.70. The van der Waals surface area contributed by atoms with Crippen LogP contribution < -0.4 is 0 Å². The van der Waals surface area contributed by atoms with Crippen LogP contribution in [0.5, 0.6) is 0 Å². The zero-order chi connectivity index (χ0) is 13.8. The van der Waals surface area contributed by atoms with E-state index in [4.69, 9.17) is 0 Å². The van der Waals surface area contributed by atoms with E-state index in [2.05, 4.69) is 13.8 Å². The molecule has 0 atom stereocenters. The van der Waals surface area contributed by atoms with Crippen molar-refractivity contribution in [1.82, 2.24) is 0 Å². The second-order valence-electron chi connectivity index (χ2n) is 5.70. The van der Waals surface area contributed by atoms with E-state index < -0.39 is 20.6 Å². The fraction of sp³-hybridized carbons (Fsp3) is 1.00. The second kappa shape index (κ2) is 7.29. The first-order valence-electron chi connectivity index (χ1n) is 6.41. The molecule has 3 heterocycles. The highest BCUT2D eigenvalue weighted by molar-refractivity contribution is 8.00. The summed E-state index contributed by atoms with van der Waals surface area (Å²) in [6, 6.07) is 0. The van der Waals surface area contributed by atoms with E-state index >= 15 is 0 Å². The van der Waals surface area contributed by atoms with Crippen molar-refractivity contribution in [2.75, 3.05) is 34.5 Å². The van der Waals surface area contributed by atoms with Crippen LogP contribution in [-0.2, 0) is 20.6 Å². The average Bonchev–Trinajstić information content (AvgIpc) is 2.12. The number of hydrogen-bond donors (Lipinski definition) is 0. The fourth-order valence-corrected chi connectivity index (χ4v) is 5.27. The van der Waals surface area contributed by atoms with Crippen LogP contribution in [0.1, 0.15) is 20.8 Å². The van der Waals surface area contributed by atoms with Gasteiger partial charge in [0.2, 0.25) is 0 Å². The van der Waals surface area contributed by atoms with Crippen molar-refractivity contribution in [2.24, 2.45) is 17.8 Å². The van der Waals surface area contributed by atoms with Gasteiger partial charge in [-0.3, -0.25) is 4.21 Å². The maximum absolute atomic E-state index is 10.3. The van der Waals surface area contributed by atoms with Gasteiger partial charge in [0, 0.05) is 22.3 Å². The Labute approximate surface area is 118 Å². The predicted molar refractivity (Wildman–Crippen MR) is 81.3 cm³/mol. The van der Waals surface area contributed by atoms with Crippen molar-refractivity contribution in [2.45, 2.75) is 20.8 Å². The molecule has 0 N–H and O–H groups in total. The summed E-state index contributed by atoms with van der Waals surface area (Å²) in [5, 5.41) is 0. The number of rotatable bonds is 0. The second-order valence-corrected chi connectivity index (χ2v) is 10.5. The molecule has 108 valence electrons. The quantitative estimate of drug-likeness (QED) is 0.684. The Bertz CT molecular complexity index is 354. The van der Waals surface area contributed by atoms with Crippen LogP contribution in [0.4, 0.5) is 0 Å². The molecular weight excluding hydrogens is 288 g/mol. The third kappa shape index (κ3) is 6.57. The fourth-order valence-electron chi connectivity index (χ4n) is 1.76. The lowest BCUT2D eigenvalue weighted by molar-refractivity contribution is 0.542. The Morgan fingerprint density at radius 1 is 0.944 bits per heavy atom. The van der Waals surface area contributed by atoms with E-state index in [1.807, 2.05) is 18.7 Å². The van der Waals surface area contributed by atoms with Crippen LogP contribution in [0, 0.1) is 17.8 Å². The highest BCUT2D eigenvalue weighted by atomic mass is 32.2. The van der Waals surface area contributed by atoms with Gasteiger partial charge in [0.05, 0.1) is 11.5 Å². The van der Waals surface area contributed by atoms with Gasteiger partial charge in [-0.05, 0) is 29.3 Å². The number of hydrogen-bond acceptors (Lipinski definition) is 4. The Kier molecular flexibility index (Phi) is 6.68. The van der Waals surface area contributed by atoms with E-state index in [1.165, 1.54) is 11.5 Å². The first-order chi connectivity index (χ1) is 8.28. The van der Waals surface area contributed by atoms with Crippen molar-refractivity contribution in [3.8, 4) is 0 Å². The van der Waals surface area contributed by atoms with Crippen molar-refractivity contribution < 1.29 is 12.6 Å². The van der Waals surface area contributed by atoms with Gasteiger partial charge >= 0.3 is 0 Å². The average molecular weight is 313 g/mol. The van der Waals surface area contributed by atoms with Crippen LogP contribution in [-0.4, -0.2) is 47.1 Å². The summed E-state index contributed by atoms with van der Waals surface area (Å²) in [5.41, 5.74) is 0. The summed E-state index contributed by atoms with van der Waals surface area (Å²) >= 11 is 2.05. The lowest BCUT2D eigenvalue weighted by atomic mass is 10.2. The van der Waals surface area contributed by atoms with Gasteiger partial charge in [0.25, 0.3) is 0 Å². The van der Waals surface area contributed by atoms with Crippen molar-refractivity contribution in [3.63, 3.8) is 0 Å². The molecule has 3 nitrogen and oxygen atoms in total. The van der Waals surface area contributed by atoms with Gasteiger partial charge in [-0.1, -0.05) is 20.8 Å². The van der Waals surface area contributed by atoms with Crippen molar-refractivity contribution >= 4 is 32.4 Å². The molecule has 0 aromatic carbocycles. The molecule has 0 aromatic rings. The minimum absolute atomic E-state index is 0.410. The molecule has 0 bridgehead atoms. The highest BCUT2D eigenvalue weighted by Gasteiger charge is 2.28. The largest absolute Gasteiger partial charge is 0.260 e. The highest BCUT2D eigenvalue weighted by Crippen LogP contribution is 2.22. The number of sulfone groups is 1. The first-order valence-corrected chi connectivity index (χ1v) is 10.9. The molecule has 3 aliphatic heterocycles. The molecule has 3 saturated heterocycles. The molecule has 0 spiro atoms. The maximum Gasteiger partial charge on any atom is 0.150 e. The topological polar surface area (TPSA) is 51.2 Å². The minimum Gasteiger partial charge on any atom is -0.260 e. The van der Waals surface area contributed by atoms with Crippen LogP contribution >= 0.6 is 11.8 Å². The summed E-state index contributed by atoms with van der Waals surface area (Å²) in [7, 11) is -2.95. The standard InChI is InChI=1S/C4H8O2S.C4H8OS.C4H8S/c1-4-2-7(5,6)3-4;1-4-2-6(5)3-4;1-4-2-5-3-4/h4H,2-3H2,1H3;4H,2-3H2,1H3;4H,2-3H2,1H3. The van der Waals surface area contributed by atoms with Gasteiger partial charge in [0.15, 0.2) is 9.84 Å². The van der Waals surface area contributed by atoms with Gasteiger partial charge in [-0.2, -0.15) is 11.8 Å². The zero-order valence-corrected chi connectivity index (χ0v) is 13.9. The summed E-state index contributed by atoms with van der Waals surface area (Å²) < 4.78 is 30.8. The molecule has 0 saturated carbocycles. The van der Waals surface area contributed by atoms with Gasteiger partial charge in [-0.15, -0.1) is 0 Å². The lowest BCUT2D eigenvalue weighted by Crippen LogP contribution is -2.33. The van der Waals surface area contributed by atoms with Crippen LogP contribution in [0.25, 0.3) is 0 Å². The molecule has 3 fully saturated rings. The predicted octanol–water partition coefficient (Wildman–Crippen LogP) is 1.81. The van der Waals surface area contributed by atoms with E-state index in [0.717, 1.165) is 23.3 Å². The molecule has 6 heteroatoms. The van der Waals surface area contributed by atoms with Crippen LogP contribution in [0.2, 0.25) is 0 Å². The molecule has 3 rings (SSSR count). The van der Waals surface area contributed by atoms with Crippen LogP contribution in [0.15, 0.2) is 0 Å². The molecule has 0 aliphatic carbocycles. The molecule has 0 unspecified atom stereocenters. The third-order valence-corrected chi connectivity index (χ3v) is 8.47. The molecule has 18 heavy (non-hydrogen) atoms. The van der Waals surface area contributed by atoms with E-state index in [9.17, 15) is 12.6 Å². The third-order valence-electron chi connectivity index (χ3n) is 2.82. The Morgan fingerprint density at radius 2 is 1.39 bits per heavy atom. The Morgan fingerprint density at radius 3 is 1.39 bits per heavy atom. The molecule has 3 aliphatic rings. The van der Waals surface area contributed by atoms with Crippen molar-refractivity contribution in [1.29, 1.82) is 0 Å². The lowest BCUT2D eigenvalue weighted by Gasteiger charge is -2.20. The van der Waals surface area contributed by atoms with E-state index in [0.29, 0.717) is 17.4 Å². The van der Waals surface area contributed by atoms with Crippen LogP contribution in [0.3, 0.4) is 0 Å². The molecule has 0 amide bonds. The Hall–Kier alpha value is 0.450.